The van der Waals surface area contributed by atoms with Crippen molar-refractivity contribution >= 4 is 18.8 Å². The van der Waals surface area contributed by atoms with Crippen LogP contribution < -0.4 is 4.74 Å². The summed E-state index contributed by atoms with van der Waals surface area (Å²) in [5.74, 6) is 4.74. The first-order valence-electron chi connectivity index (χ1n) is 11.4. The molecule has 0 amide bonds. The van der Waals surface area contributed by atoms with Gasteiger partial charge in [-0.15, -0.1) is 5.54 Å². The molecule has 31 heavy (non-hydrogen) atoms. The van der Waals surface area contributed by atoms with E-state index < -0.39 is 8.07 Å². The zero-order valence-corrected chi connectivity index (χ0v) is 21.1. The van der Waals surface area contributed by atoms with E-state index in [1.807, 2.05) is 12.1 Å². The molecule has 3 rings (SSSR count). The lowest BCUT2D eigenvalue weighted by molar-refractivity contribution is 0.414. The third kappa shape index (κ3) is 4.73. The third-order valence-electron chi connectivity index (χ3n) is 6.86. The van der Waals surface area contributed by atoms with Crippen molar-refractivity contribution in [2.24, 2.45) is 0 Å². The number of benzene rings is 3. The lowest BCUT2D eigenvalue weighted by Gasteiger charge is -2.38. The molecule has 0 N–H and O–H groups in total. The first-order chi connectivity index (χ1) is 14.8. The van der Waals surface area contributed by atoms with Crippen LogP contribution >= 0.6 is 0 Å². The lowest BCUT2D eigenvalue weighted by atomic mass is 9.90. The Bertz CT molecular complexity index is 1050. The van der Waals surface area contributed by atoms with E-state index >= 15 is 0 Å². The van der Waals surface area contributed by atoms with Crippen LogP contribution in [0, 0.1) is 11.5 Å². The van der Waals surface area contributed by atoms with Crippen molar-refractivity contribution < 1.29 is 4.74 Å². The number of ether oxygens (including phenoxy) is 1. The fourth-order valence-electron chi connectivity index (χ4n) is 5.17. The monoisotopic (exact) mass is 428 g/mol. The summed E-state index contributed by atoms with van der Waals surface area (Å²) >= 11 is 0. The van der Waals surface area contributed by atoms with E-state index in [0.717, 1.165) is 5.75 Å². The molecular weight excluding hydrogens is 392 g/mol. The molecule has 0 aromatic heterocycles. The van der Waals surface area contributed by atoms with Crippen molar-refractivity contribution in [1.82, 2.24) is 0 Å². The number of hydrogen-bond donors (Lipinski definition) is 0. The van der Waals surface area contributed by atoms with Gasteiger partial charge in [0.15, 0.2) is 0 Å². The van der Waals surface area contributed by atoms with Crippen molar-refractivity contribution in [1.29, 1.82) is 0 Å². The number of rotatable bonds is 6. The SMILES string of the molecule is COc1ccc(C(C#C[Si](C(C)C)(C(C)C)C(C)C)c2ccc3ccccc3c2)cc1. The quantitative estimate of drug-likeness (QED) is 0.284. The third-order valence-corrected chi connectivity index (χ3v) is 13.2. The molecule has 0 aliphatic rings. The molecule has 3 aromatic rings. The van der Waals surface area contributed by atoms with Crippen LogP contribution in [0.3, 0.4) is 0 Å². The summed E-state index contributed by atoms with van der Waals surface area (Å²) in [6.07, 6.45) is 0. The van der Waals surface area contributed by atoms with E-state index in [2.05, 4.69) is 108 Å². The highest BCUT2D eigenvalue weighted by atomic mass is 28.3. The van der Waals surface area contributed by atoms with Crippen molar-refractivity contribution in [3.8, 4) is 17.2 Å². The van der Waals surface area contributed by atoms with Crippen molar-refractivity contribution in [2.45, 2.75) is 64.1 Å². The second-order valence-electron chi connectivity index (χ2n) is 9.48. The largest absolute Gasteiger partial charge is 0.497 e. The normalized spacial score (nSPS) is 12.8. The highest BCUT2D eigenvalue weighted by Crippen LogP contribution is 2.41. The van der Waals surface area contributed by atoms with Crippen LogP contribution in [0.4, 0.5) is 0 Å². The molecule has 0 fully saturated rings. The van der Waals surface area contributed by atoms with E-state index in [0.29, 0.717) is 16.6 Å². The molecule has 0 aliphatic heterocycles. The average Bonchev–Trinajstić information content (AvgIpc) is 2.76. The minimum Gasteiger partial charge on any atom is -0.497 e. The molecule has 0 aliphatic carbocycles. The molecule has 2 heteroatoms. The lowest BCUT2D eigenvalue weighted by Crippen LogP contribution is -2.43. The van der Waals surface area contributed by atoms with Gasteiger partial charge in [-0.2, -0.15) is 0 Å². The maximum atomic E-state index is 5.39. The fraction of sp³-hybridized carbons (Fsp3) is 0.379. The van der Waals surface area contributed by atoms with Gasteiger partial charge >= 0.3 is 0 Å². The molecule has 1 unspecified atom stereocenters. The first-order valence-corrected chi connectivity index (χ1v) is 13.7. The summed E-state index contributed by atoms with van der Waals surface area (Å²) in [5, 5.41) is 2.53. The van der Waals surface area contributed by atoms with Gasteiger partial charge in [0.2, 0.25) is 0 Å². The van der Waals surface area contributed by atoms with Gasteiger partial charge in [0, 0.05) is 0 Å². The van der Waals surface area contributed by atoms with Gasteiger partial charge in [0.1, 0.15) is 13.8 Å². The molecule has 0 bridgehead atoms. The second-order valence-corrected chi connectivity index (χ2v) is 15.1. The summed E-state index contributed by atoms with van der Waals surface area (Å²) in [5.41, 5.74) is 8.30. The Kier molecular flexibility index (Phi) is 7.29. The second kappa shape index (κ2) is 9.75. The maximum Gasteiger partial charge on any atom is 0.146 e. The van der Waals surface area contributed by atoms with E-state index in [4.69, 9.17) is 4.74 Å². The predicted molar refractivity (Wildman–Crippen MR) is 138 cm³/mol. The number of methoxy groups -OCH3 is 1. The van der Waals surface area contributed by atoms with Crippen LogP contribution in [0.15, 0.2) is 66.7 Å². The molecule has 0 saturated carbocycles. The Morgan fingerprint density at radius 2 is 1.23 bits per heavy atom. The fourth-order valence-corrected chi connectivity index (χ4v) is 10.4. The Labute approximate surface area is 189 Å². The van der Waals surface area contributed by atoms with Gasteiger partial charge in [-0.1, -0.05) is 96.0 Å². The number of hydrogen-bond acceptors (Lipinski definition) is 1. The summed E-state index contributed by atoms with van der Waals surface area (Å²) in [4.78, 5) is 0. The zero-order chi connectivity index (χ0) is 22.6. The van der Waals surface area contributed by atoms with Gasteiger partial charge in [0.05, 0.1) is 13.0 Å². The highest BCUT2D eigenvalue weighted by molar-refractivity contribution is 6.90. The zero-order valence-electron chi connectivity index (χ0n) is 20.1. The van der Waals surface area contributed by atoms with Crippen LogP contribution in [0.2, 0.25) is 16.6 Å². The Morgan fingerprint density at radius 3 is 1.77 bits per heavy atom. The standard InChI is InChI=1S/C29H36OSi/c1-21(2)31(22(3)4,23(5)6)19-18-29(25-14-16-28(30-7)17-15-25)27-13-12-24-10-8-9-11-26(24)20-27/h8-17,20-23,29H,1-7H3. The van der Waals surface area contributed by atoms with Gasteiger partial charge in [-0.25, -0.2) is 0 Å². The smallest absolute Gasteiger partial charge is 0.146 e. The van der Waals surface area contributed by atoms with Crippen LogP contribution in [0.25, 0.3) is 10.8 Å². The maximum absolute atomic E-state index is 5.39. The molecule has 0 saturated heterocycles. The minimum absolute atomic E-state index is 0.0543. The Morgan fingerprint density at radius 1 is 0.677 bits per heavy atom. The summed E-state index contributed by atoms with van der Waals surface area (Å²) in [6.45, 7) is 14.2. The van der Waals surface area contributed by atoms with Crippen LogP contribution in [-0.4, -0.2) is 15.2 Å². The van der Waals surface area contributed by atoms with E-state index in [1.54, 1.807) is 7.11 Å². The molecule has 3 aromatic carbocycles. The predicted octanol–water partition coefficient (Wildman–Crippen LogP) is 8.20. The van der Waals surface area contributed by atoms with Gasteiger partial charge in [0.25, 0.3) is 0 Å². The Hall–Kier alpha value is -2.50. The topological polar surface area (TPSA) is 9.23 Å². The van der Waals surface area contributed by atoms with Gasteiger partial charge < -0.3 is 4.74 Å². The van der Waals surface area contributed by atoms with E-state index in [9.17, 15) is 0 Å². The summed E-state index contributed by atoms with van der Waals surface area (Å²) < 4.78 is 5.39. The average molecular weight is 429 g/mol. The molecular formula is C29H36OSi. The molecule has 1 nitrogen and oxygen atoms in total. The Balaban J connectivity index is 2.17. The van der Waals surface area contributed by atoms with Gasteiger partial charge in [-0.3, -0.25) is 0 Å². The summed E-state index contributed by atoms with van der Waals surface area (Å²) in [7, 11) is -0.102. The van der Waals surface area contributed by atoms with E-state index in [1.165, 1.54) is 21.9 Å². The molecule has 1 atom stereocenters. The van der Waals surface area contributed by atoms with E-state index in [-0.39, 0.29) is 5.92 Å². The van der Waals surface area contributed by atoms with Crippen molar-refractivity contribution in [2.75, 3.05) is 7.11 Å². The highest BCUT2D eigenvalue weighted by Gasteiger charge is 2.41. The molecule has 162 valence electrons. The van der Waals surface area contributed by atoms with Crippen molar-refractivity contribution in [3.63, 3.8) is 0 Å². The minimum atomic E-state index is -1.81. The molecule has 0 spiro atoms. The molecule has 0 radical (unpaired) electrons. The number of fused-ring (bicyclic) bond motifs is 1. The van der Waals surface area contributed by atoms with Crippen LogP contribution in [0.1, 0.15) is 58.6 Å². The first kappa shape index (κ1) is 23.2. The van der Waals surface area contributed by atoms with Gasteiger partial charge in [-0.05, 0) is 56.7 Å². The van der Waals surface area contributed by atoms with Crippen molar-refractivity contribution in [3.05, 3.63) is 77.9 Å². The molecule has 0 heterocycles. The summed E-state index contributed by atoms with van der Waals surface area (Å²) in [6, 6.07) is 23.7. The van der Waals surface area contributed by atoms with Crippen LogP contribution in [0.5, 0.6) is 5.75 Å². The van der Waals surface area contributed by atoms with Crippen LogP contribution in [-0.2, 0) is 0 Å².